The zero-order chi connectivity index (χ0) is 14.2. The minimum atomic E-state index is -1.88. The van der Waals surface area contributed by atoms with Crippen molar-refractivity contribution < 1.29 is 19.3 Å². The summed E-state index contributed by atoms with van der Waals surface area (Å²) in [6.07, 6.45) is 0.376. The maximum Gasteiger partial charge on any atom is 0.351 e. The van der Waals surface area contributed by atoms with Crippen LogP contribution in [0.25, 0.3) is 0 Å². The molecule has 8 heteroatoms. The van der Waals surface area contributed by atoms with E-state index in [2.05, 4.69) is 10.9 Å². The average molecular weight is 269 g/mol. The second-order valence-electron chi connectivity index (χ2n) is 4.06. The van der Waals surface area contributed by atoms with Gasteiger partial charge in [0.25, 0.3) is 0 Å². The Morgan fingerprint density at radius 3 is 2.89 bits per heavy atom. The second kappa shape index (κ2) is 4.97. The highest BCUT2D eigenvalue weighted by Gasteiger charge is 2.45. The molecule has 19 heavy (non-hydrogen) atoms. The van der Waals surface area contributed by atoms with Gasteiger partial charge >= 0.3 is 5.69 Å². The molecule has 0 spiro atoms. The maximum atomic E-state index is 13.9. The van der Waals surface area contributed by atoms with E-state index in [-0.39, 0.29) is 11.4 Å². The summed E-state index contributed by atoms with van der Waals surface area (Å²) < 4.78 is 19.8. The van der Waals surface area contributed by atoms with Gasteiger partial charge in [0.1, 0.15) is 18.0 Å². The molecule has 1 aromatic heterocycles. The van der Waals surface area contributed by atoms with E-state index in [4.69, 9.17) is 22.0 Å². The van der Waals surface area contributed by atoms with Crippen LogP contribution in [0.3, 0.4) is 0 Å². The van der Waals surface area contributed by atoms with Gasteiger partial charge in [-0.1, -0.05) is 5.92 Å². The fourth-order valence-electron chi connectivity index (χ4n) is 1.85. The Labute approximate surface area is 107 Å². The number of hydrogen-bond donors (Lipinski definition) is 3. The molecule has 7 nitrogen and oxygen atoms in total. The first-order chi connectivity index (χ1) is 8.99. The molecule has 2 heterocycles. The number of nitrogens with two attached hydrogens (primary N) is 1. The molecule has 0 saturated carbocycles. The molecule has 1 aliphatic heterocycles. The quantitative estimate of drug-likeness (QED) is 0.557. The summed E-state index contributed by atoms with van der Waals surface area (Å²) in [5, 5.41) is 18.4. The van der Waals surface area contributed by atoms with Gasteiger partial charge in [0.15, 0.2) is 12.4 Å². The third kappa shape index (κ3) is 2.19. The molecule has 1 aromatic rings. The van der Waals surface area contributed by atoms with Gasteiger partial charge in [-0.05, 0) is 0 Å². The highest BCUT2D eigenvalue weighted by atomic mass is 19.1. The molecule has 4 N–H and O–H groups in total. The Morgan fingerprint density at radius 2 is 2.37 bits per heavy atom. The van der Waals surface area contributed by atoms with Crippen molar-refractivity contribution in [3.05, 3.63) is 22.2 Å². The Bertz CT molecular complexity index is 582. The smallest absolute Gasteiger partial charge is 0.351 e. The summed E-state index contributed by atoms with van der Waals surface area (Å²) in [5.41, 5.74) is 4.68. The maximum absolute atomic E-state index is 13.9. The summed E-state index contributed by atoms with van der Waals surface area (Å²) in [6, 6.07) is 0. The van der Waals surface area contributed by atoms with E-state index >= 15 is 0 Å². The van der Waals surface area contributed by atoms with E-state index in [0.717, 1.165) is 10.8 Å². The molecule has 0 radical (unpaired) electrons. The summed E-state index contributed by atoms with van der Waals surface area (Å²) in [5.74, 6) is 2.06. The highest BCUT2D eigenvalue weighted by Crippen LogP contribution is 2.30. The van der Waals surface area contributed by atoms with Crippen LogP contribution >= 0.6 is 0 Å². The van der Waals surface area contributed by atoms with E-state index in [9.17, 15) is 14.3 Å². The lowest BCUT2D eigenvalue weighted by atomic mass is 10.1. The lowest BCUT2D eigenvalue weighted by Gasteiger charge is -2.16. The Kier molecular flexibility index (Phi) is 3.53. The van der Waals surface area contributed by atoms with E-state index in [0.29, 0.717) is 0 Å². The number of aromatic nitrogens is 2. The van der Waals surface area contributed by atoms with Crippen LogP contribution < -0.4 is 11.4 Å². The molecule has 0 unspecified atom stereocenters. The van der Waals surface area contributed by atoms with Crippen molar-refractivity contribution >= 4 is 5.82 Å². The van der Waals surface area contributed by atoms with Crippen LogP contribution in [0.1, 0.15) is 11.8 Å². The minimum Gasteiger partial charge on any atom is -0.394 e. The number of nitrogen functional groups attached to an aromatic ring is 1. The van der Waals surface area contributed by atoms with Crippen molar-refractivity contribution in [3.63, 3.8) is 0 Å². The zero-order valence-electron chi connectivity index (χ0n) is 9.73. The molecule has 1 fully saturated rings. The van der Waals surface area contributed by atoms with Gasteiger partial charge in [0.05, 0.1) is 12.2 Å². The molecule has 0 aliphatic carbocycles. The number of aliphatic hydroxyl groups excluding tert-OH is 2. The SMILES string of the molecule is C#Cc1cn([C@@H]2O[C@H](CO)[C@@H](O)[C@@H]2F)c(=O)nc1N. The standard InChI is InChI=1S/C11H12FN3O4/c1-2-5-3-15(11(18)14-9(5)13)10-7(12)8(17)6(4-16)19-10/h1,3,6-8,10,16-17H,4H2,(H2,13,14,18)/t6-,7+,8-,10-/m1/s1. The highest BCUT2D eigenvalue weighted by molar-refractivity contribution is 5.47. The Hall–Kier alpha value is -1.95. The predicted octanol–water partition coefficient (Wildman–Crippen LogP) is -1.60. The number of rotatable bonds is 2. The molecule has 0 aromatic carbocycles. The van der Waals surface area contributed by atoms with Gasteiger partial charge < -0.3 is 20.7 Å². The van der Waals surface area contributed by atoms with Gasteiger partial charge in [0.2, 0.25) is 0 Å². The van der Waals surface area contributed by atoms with Crippen LogP contribution in [-0.2, 0) is 4.74 Å². The van der Waals surface area contributed by atoms with Crippen LogP contribution in [0.2, 0.25) is 0 Å². The molecular formula is C11H12FN3O4. The lowest BCUT2D eigenvalue weighted by molar-refractivity contribution is -0.0491. The van der Waals surface area contributed by atoms with E-state index in [1.165, 1.54) is 0 Å². The number of anilines is 1. The fraction of sp³-hybridized carbons (Fsp3) is 0.455. The second-order valence-corrected chi connectivity index (χ2v) is 4.06. The number of alkyl halides is 1. The van der Waals surface area contributed by atoms with Crippen molar-refractivity contribution in [2.24, 2.45) is 0 Å². The first kappa shape index (κ1) is 13.5. The van der Waals surface area contributed by atoms with Crippen LogP contribution in [0, 0.1) is 12.3 Å². The number of ether oxygens (including phenoxy) is 1. The van der Waals surface area contributed by atoms with Gasteiger partial charge in [-0.2, -0.15) is 4.98 Å². The molecule has 0 bridgehead atoms. The van der Waals surface area contributed by atoms with Crippen LogP contribution in [0.4, 0.5) is 10.2 Å². The first-order valence-corrected chi connectivity index (χ1v) is 5.43. The van der Waals surface area contributed by atoms with Crippen LogP contribution in [0.5, 0.6) is 0 Å². The van der Waals surface area contributed by atoms with E-state index in [1.54, 1.807) is 0 Å². The number of aliphatic hydroxyl groups is 2. The summed E-state index contributed by atoms with van der Waals surface area (Å²) in [4.78, 5) is 15.1. The van der Waals surface area contributed by atoms with Crippen molar-refractivity contribution in [2.75, 3.05) is 12.3 Å². The summed E-state index contributed by atoms with van der Waals surface area (Å²) >= 11 is 0. The molecule has 0 amide bonds. The van der Waals surface area contributed by atoms with Crippen molar-refractivity contribution in [3.8, 4) is 12.3 Å². The number of hydrogen-bond acceptors (Lipinski definition) is 6. The molecule has 4 atom stereocenters. The Balaban J connectivity index is 2.44. The third-order valence-electron chi connectivity index (χ3n) is 2.88. The first-order valence-electron chi connectivity index (χ1n) is 5.43. The molecule has 1 saturated heterocycles. The van der Waals surface area contributed by atoms with Gasteiger partial charge in [-0.3, -0.25) is 4.57 Å². The normalized spacial score (nSPS) is 30.2. The number of halogens is 1. The minimum absolute atomic E-state index is 0.109. The van der Waals surface area contributed by atoms with Crippen LogP contribution in [-0.4, -0.2) is 44.8 Å². The van der Waals surface area contributed by atoms with Crippen LogP contribution in [0.15, 0.2) is 11.0 Å². The topological polar surface area (TPSA) is 111 Å². The molecule has 2 rings (SSSR count). The fourth-order valence-corrected chi connectivity index (χ4v) is 1.85. The van der Waals surface area contributed by atoms with Crippen molar-refractivity contribution in [2.45, 2.75) is 24.6 Å². The largest absolute Gasteiger partial charge is 0.394 e. The lowest BCUT2D eigenvalue weighted by Crippen LogP contribution is -2.34. The van der Waals surface area contributed by atoms with Gasteiger partial charge in [-0.25, -0.2) is 9.18 Å². The Morgan fingerprint density at radius 1 is 1.68 bits per heavy atom. The van der Waals surface area contributed by atoms with E-state index < -0.39 is 36.9 Å². The molecule has 102 valence electrons. The van der Waals surface area contributed by atoms with Crippen molar-refractivity contribution in [1.29, 1.82) is 0 Å². The van der Waals surface area contributed by atoms with E-state index in [1.807, 2.05) is 0 Å². The summed E-state index contributed by atoms with van der Waals surface area (Å²) in [6.45, 7) is -0.572. The zero-order valence-corrected chi connectivity index (χ0v) is 9.73. The number of nitrogens with zero attached hydrogens (tertiary/aromatic N) is 2. The molecule has 1 aliphatic rings. The van der Waals surface area contributed by atoms with Gasteiger partial charge in [0, 0.05) is 6.20 Å². The van der Waals surface area contributed by atoms with Crippen molar-refractivity contribution in [1.82, 2.24) is 9.55 Å². The average Bonchev–Trinajstić information content (AvgIpc) is 2.67. The predicted molar refractivity (Wildman–Crippen MR) is 62.7 cm³/mol. The summed E-state index contributed by atoms with van der Waals surface area (Å²) in [7, 11) is 0. The monoisotopic (exact) mass is 269 g/mol. The molecular weight excluding hydrogens is 257 g/mol. The number of terminal acetylenes is 1. The third-order valence-corrected chi connectivity index (χ3v) is 2.88. The van der Waals surface area contributed by atoms with Gasteiger partial charge in [-0.15, -0.1) is 6.42 Å².